The lowest BCUT2D eigenvalue weighted by Gasteiger charge is -2.14. The zero-order chi connectivity index (χ0) is 17.7. The first kappa shape index (κ1) is 18.4. The Labute approximate surface area is 149 Å². The molecule has 0 unspecified atom stereocenters. The molecular formula is C18H20BrNO4. The number of ether oxygens (including phenoxy) is 2. The van der Waals surface area contributed by atoms with Gasteiger partial charge >= 0.3 is 11.9 Å². The van der Waals surface area contributed by atoms with Crippen LogP contribution in [0.5, 0.6) is 0 Å². The van der Waals surface area contributed by atoms with Crippen molar-refractivity contribution in [1.82, 2.24) is 4.98 Å². The van der Waals surface area contributed by atoms with Gasteiger partial charge in [0.05, 0.1) is 30.0 Å². The van der Waals surface area contributed by atoms with Crippen molar-refractivity contribution in [3.63, 3.8) is 0 Å². The molecule has 0 aliphatic rings. The molecule has 6 heteroatoms. The molecule has 2 aromatic rings. The number of nitrogens with zero attached hydrogens (tertiary/aromatic N) is 1. The number of hydrogen-bond donors (Lipinski definition) is 0. The van der Waals surface area contributed by atoms with Gasteiger partial charge in [0, 0.05) is 16.3 Å². The first-order valence-corrected chi connectivity index (χ1v) is 8.68. The third-order valence-corrected chi connectivity index (χ3v) is 4.09. The van der Waals surface area contributed by atoms with Gasteiger partial charge in [-0.2, -0.15) is 0 Å². The highest BCUT2D eigenvalue weighted by molar-refractivity contribution is 9.10. The Morgan fingerprint density at radius 1 is 1.17 bits per heavy atom. The normalized spacial score (nSPS) is 10.7. The summed E-state index contributed by atoms with van der Waals surface area (Å²) in [5.74, 6) is -0.701. The quantitative estimate of drug-likeness (QED) is 0.694. The average Bonchev–Trinajstić information content (AvgIpc) is 2.53. The van der Waals surface area contributed by atoms with E-state index in [0.717, 1.165) is 20.9 Å². The van der Waals surface area contributed by atoms with Gasteiger partial charge in [-0.3, -0.25) is 9.78 Å². The van der Waals surface area contributed by atoms with E-state index in [2.05, 4.69) is 20.9 Å². The highest BCUT2D eigenvalue weighted by atomic mass is 79.9. The minimum absolute atomic E-state index is 0.200. The van der Waals surface area contributed by atoms with E-state index in [1.54, 1.807) is 20.8 Å². The van der Waals surface area contributed by atoms with Crippen LogP contribution in [0.15, 0.2) is 22.7 Å². The van der Waals surface area contributed by atoms with Crippen LogP contribution >= 0.6 is 15.9 Å². The SMILES string of the molecule is CCOC(=O)CCc1c(C(=O)OCC)c(C)nc2ccc(Br)cc12. The summed E-state index contributed by atoms with van der Waals surface area (Å²) in [6.07, 6.45) is 0.592. The van der Waals surface area contributed by atoms with Crippen LogP contribution in [0.25, 0.3) is 10.9 Å². The Hall–Kier alpha value is -1.95. The fourth-order valence-electron chi connectivity index (χ4n) is 2.63. The van der Waals surface area contributed by atoms with Gasteiger partial charge in [-0.25, -0.2) is 4.79 Å². The van der Waals surface area contributed by atoms with Gasteiger partial charge < -0.3 is 9.47 Å². The summed E-state index contributed by atoms with van der Waals surface area (Å²) in [5, 5.41) is 0.835. The molecule has 2 rings (SSSR count). The van der Waals surface area contributed by atoms with Gasteiger partial charge in [0.15, 0.2) is 0 Å². The fourth-order valence-corrected chi connectivity index (χ4v) is 2.99. The molecule has 1 aromatic carbocycles. The number of carbonyl (C=O) groups excluding carboxylic acids is 2. The van der Waals surface area contributed by atoms with Crippen LogP contribution in [0.1, 0.15) is 41.9 Å². The number of halogens is 1. The Balaban J connectivity index is 2.55. The van der Waals surface area contributed by atoms with Crippen LogP contribution in [0.2, 0.25) is 0 Å². The van der Waals surface area contributed by atoms with E-state index in [4.69, 9.17) is 9.47 Å². The maximum Gasteiger partial charge on any atom is 0.340 e. The number of rotatable bonds is 6. The monoisotopic (exact) mass is 393 g/mol. The zero-order valence-corrected chi connectivity index (χ0v) is 15.6. The van der Waals surface area contributed by atoms with E-state index in [-0.39, 0.29) is 19.0 Å². The second kappa shape index (κ2) is 8.24. The lowest BCUT2D eigenvalue weighted by molar-refractivity contribution is -0.143. The molecule has 0 N–H and O–H groups in total. The third-order valence-electron chi connectivity index (χ3n) is 3.60. The molecule has 0 spiro atoms. The van der Waals surface area contributed by atoms with Crippen molar-refractivity contribution < 1.29 is 19.1 Å². The number of aromatic nitrogens is 1. The lowest BCUT2D eigenvalue weighted by Crippen LogP contribution is -2.14. The van der Waals surface area contributed by atoms with Crippen LogP contribution in [0, 0.1) is 6.92 Å². The van der Waals surface area contributed by atoms with E-state index in [9.17, 15) is 9.59 Å². The molecule has 0 saturated carbocycles. The Morgan fingerprint density at radius 2 is 1.88 bits per heavy atom. The summed E-state index contributed by atoms with van der Waals surface area (Å²) in [7, 11) is 0. The minimum Gasteiger partial charge on any atom is -0.466 e. The molecule has 0 saturated heterocycles. The van der Waals surface area contributed by atoms with Crippen molar-refractivity contribution in [2.24, 2.45) is 0 Å². The molecule has 1 aromatic heterocycles. The van der Waals surface area contributed by atoms with Crippen LogP contribution in [-0.4, -0.2) is 30.1 Å². The first-order chi connectivity index (χ1) is 11.5. The van der Waals surface area contributed by atoms with Crippen LogP contribution in [0.4, 0.5) is 0 Å². The lowest BCUT2D eigenvalue weighted by atomic mass is 9.96. The molecule has 0 aliphatic heterocycles. The highest BCUT2D eigenvalue weighted by Gasteiger charge is 2.21. The number of fused-ring (bicyclic) bond motifs is 1. The molecule has 0 atom stereocenters. The predicted octanol–water partition coefficient (Wildman–Crippen LogP) is 3.98. The van der Waals surface area contributed by atoms with E-state index in [0.29, 0.717) is 24.3 Å². The summed E-state index contributed by atoms with van der Waals surface area (Å²) in [6.45, 7) is 5.93. The molecule has 24 heavy (non-hydrogen) atoms. The van der Waals surface area contributed by atoms with E-state index < -0.39 is 5.97 Å². The van der Waals surface area contributed by atoms with Crippen molar-refractivity contribution in [3.8, 4) is 0 Å². The molecular weight excluding hydrogens is 374 g/mol. The van der Waals surface area contributed by atoms with Gasteiger partial charge in [0.1, 0.15) is 0 Å². The molecule has 0 aliphatic carbocycles. The smallest absolute Gasteiger partial charge is 0.340 e. The number of benzene rings is 1. The van der Waals surface area contributed by atoms with Gasteiger partial charge in [-0.1, -0.05) is 15.9 Å². The van der Waals surface area contributed by atoms with Crippen molar-refractivity contribution in [2.75, 3.05) is 13.2 Å². The van der Waals surface area contributed by atoms with Crippen LogP contribution in [-0.2, 0) is 20.7 Å². The first-order valence-electron chi connectivity index (χ1n) is 7.89. The van der Waals surface area contributed by atoms with Crippen molar-refractivity contribution in [1.29, 1.82) is 0 Å². The summed E-state index contributed by atoms with van der Waals surface area (Å²) in [6, 6.07) is 5.69. The summed E-state index contributed by atoms with van der Waals surface area (Å²) >= 11 is 3.45. The van der Waals surface area contributed by atoms with E-state index in [1.807, 2.05) is 18.2 Å². The number of hydrogen-bond acceptors (Lipinski definition) is 5. The number of pyridine rings is 1. The topological polar surface area (TPSA) is 65.5 Å². The number of esters is 2. The zero-order valence-electron chi connectivity index (χ0n) is 14.0. The van der Waals surface area contributed by atoms with Gasteiger partial charge in [-0.05, 0) is 51.0 Å². The maximum absolute atomic E-state index is 12.4. The van der Waals surface area contributed by atoms with Crippen molar-refractivity contribution in [3.05, 3.63) is 39.5 Å². The molecule has 0 radical (unpaired) electrons. The van der Waals surface area contributed by atoms with Crippen molar-refractivity contribution >= 4 is 38.8 Å². The van der Waals surface area contributed by atoms with Crippen molar-refractivity contribution in [2.45, 2.75) is 33.6 Å². The highest BCUT2D eigenvalue weighted by Crippen LogP contribution is 2.28. The van der Waals surface area contributed by atoms with Gasteiger partial charge in [0.2, 0.25) is 0 Å². The maximum atomic E-state index is 12.4. The van der Waals surface area contributed by atoms with Crippen LogP contribution < -0.4 is 0 Å². The largest absolute Gasteiger partial charge is 0.466 e. The standard InChI is InChI=1S/C18H20BrNO4/c1-4-23-16(21)9-7-13-14-10-12(19)6-8-15(14)20-11(3)17(13)18(22)24-5-2/h6,8,10H,4-5,7,9H2,1-3H3. The van der Waals surface area contributed by atoms with Gasteiger partial charge in [0.25, 0.3) is 0 Å². The summed E-state index contributed by atoms with van der Waals surface area (Å²) in [5.41, 5.74) is 2.58. The van der Waals surface area contributed by atoms with E-state index >= 15 is 0 Å². The fraction of sp³-hybridized carbons (Fsp3) is 0.389. The molecule has 0 bridgehead atoms. The van der Waals surface area contributed by atoms with Crippen LogP contribution in [0.3, 0.4) is 0 Å². The summed E-state index contributed by atoms with van der Waals surface area (Å²) in [4.78, 5) is 28.6. The van der Waals surface area contributed by atoms with Gasteiger partial charge in [-0.15, -0.1) is 0 Å². The minimum atomic E-state index is -0.414. The third kappa shape index (κ3) is 4.12. The molecule has 0 fully saturated rings. The molecule has 0 amide bonds. The van der Waals surface area contributed by atoms with E-state index in [1.165, 1.54) is 0 Å². The summed E-state index contributed by atoms with van der Waals surface area (Å²) < 4.78 is 11.1. The molecule has 1 heterocycles. The number of aryl methyl sites for hydroxylation is 2. The predicted molar refractivity (Wildman–Crippen MR) is 95.1 cm³/mol. The second-order valence-corrected chi connectivity index (χ2v) is 6.15. The number of carbonyl (C=O) groups is 2. The Morgan fingerprint density at radius 3 is 2.54 bits per heavy atom. The Kier molecular flexibility index (Phi) is 6.31. The molecule has 5 nitrogen and oxygen atoms in total. The molecule has 128 valence electrons. The second-order valence-electron chi connectivity index (χ2n) is 5.24. The Bertz CT molecular complexity index is 773. The average molecular weight is 394 g/mol.